The molecule has 106 valence electrons. The molecule has 0 unspecified atom stereocenters. The minimum absolute atomic E-state index is 0.627. The van der Waals surface area contributed by atoms with Gasteiger partial charge < -0.3 is 15.1 Å². The minimum atomic E-state index is 0.627. The molecule has 0 bridgehead atoms. The Morgan fingerprint density at radius 3 is 2.63 bits per heavy atom. The number of hydrogen-bond acceptors (Lipinski definition) is 3. The molecule has 4 heteroatoms. The van der Waals surface area contributed by atoms with E-state index in [2.05, 4.69) is 47.4 Å². The van der Waals surface area contributed by atoms with Crippen molar-refractivity contribution in [2.45, 2.75) is 25.4 Å². The molecule has 0 aromatic heterocycles. The van der Waals surface area contributed by atoms with E-state index in [4.69, 9.17) is 11.6 Å². The average molecular weight is 282 g/mol. The van der Waals surface area contributed by atoms with E-state index in [1.807, 2.05) is 7.05 Å². The standard InChI is InChI=1S/C15H24ClN3/c1-17-11-12-4-5-14(10-15(12)16)19(3)13-6-8-18(2)9-7-13/h4-5,10,13,17H,6-9,11H2,1-3H3. The summed E-state index contributed by atoms with van der Waals surface area (Å²) < 4.78 is 0. The molecule has 1 aromatic carbocycles. The van der Waals surface area contributed by atoms with Gasteiger partial charge in [-0.15, -0.1) is 0 Å². The van der Waals surface area contributed by atoms with E-state index >= 15 is 0 Å². The zero-order valence-electron chi connectivity index (χ0n) is 12.1. The lowest BCUT2D eigenvalue weighted by Gasteiger charge is -2.36. The van der Waals surface area contributed by atoms with Gasteiger partial charge in [-0.3, -0.25) is 0 Å². The van der Waals surface area contributed by atoms with E-state index in [0.717, 1.165) is 17.1 Å². The molecule has 1 aromatic rings. The SMILES string of the molecule is CNCc1ccc(N(C)C2CCN(C)CC2)cc1Cl. The highest BCUT2D eigenvalue weighted by molar-refractivity contribution is 6.31. The maximum absolute atomic E-state index is 6.34. The first-order valence-corrected chi connectivity index (χ1v) is 7.34. The highest BCUT2D eigenvalue weighted by Crippen LogP contribution is 2.26. The van der Waals surface area contributed by atoms with Crippen molar-refractivity contribution in [3.05, 3.63) is 28.8 Å². The molecule has 1 N–H and O–H groups in total. The van der Waals surface area contributed by atoms with E-state index < -0.39 is 0 Å². The molecule has 3 nitrogen and oxygen atoms in total. The number of likely N-dealkylation sites (tertiary alicyclic amines) is 1. The first-order chi connectivity index (χ1) is 9.11. The van der Waals surface area contributed by atoms with Crippen LogP contribution in [0.15, 0.2) is 18.2 Å². The summed E-state index contributed by atoms with van der Waals surface area (Å²) in [6, 6.07) is 7.02. The van der Waals surface area contributed by atoms with Crippen molar-refractivity contribution in [1.29, 1.82) is 0 Å². The van der Waals surface area contributed by atoms with Crippen LogP contribution in [0.4, 0.5) is 5.69 Å². The van der Waals surface area contributed by atoms with E-state index in [1.165, 1.54) is 31.6 Å². The third kappa shape index (κ3) is 3.62. The van der Waals surface area contributed by atoms with Crippen molar-refractivity contribution < 1.29 is 0 Å². The summed E-state index contributed by atoms with van der Waals surface area (Å²) in [5.41, 5.74) is 2.38. The van der Waals surface area contributed by atoms with Gasteiger partial charge in [0.05, 0.1) is 0 Å². The fraction of sp³-hybridized carbons (Fsp3) is 0.600. The summed E-state index contributed by atoms with van der Waals surface area (Å²) in [5, 5.41) is 3.99. The Morgan fingerprint density at radius 2 is 2.05 bits per heavy atom. The van der Waals surface area contributed by atoms with Crippen molar-refractivity contribution in [1.82, 2.24) is 10.2 Å². The van der Waals surface area contributed by atoms with Crippen molar-refractivity contribution in [2.75, 3.05) is 39.1 Å². The quantitative estimate of drug-likeness (QED) is 0.915. The number of piperidine rings is 1. The molecule has 1 aliphatic rings. The predicted molar refractivity (Wildman–Crippen MR) is 83.1 cm³/mol. The van der Waals surface area contributed by atoms with Crippen LogP contribution in [0.5, 0.6) is 0 Å². The zero-order valence-corrected chi connectivity index (χ0v) is 12.9. The van der Waals surface area contributed by atoms with E-state index in [1.54, 1.807) is 0 Å². The molecule has 0 amide bonds. The Morgan fingerprint density at radius 1 is 1.37 bits per heavy atom. The van der Waals surface area contributed by atoms with Crippen LogP contribution in [0, 0.1) is 0 Å². The second-order valence-electron chi connectivity index (χ2n) is 5.45. The van der Waals surface area contributed by atoms with E-state index in [-0.39, 0.29) is 0 Å². The molecule has 0 radical (unpaired) electrons. The van der Waals surface area contributed by atoms with Crippen molar-refractivity contribution in [2.24, 2.45) is 0 Å². The van der Waals surface area contributed by atoms with Crippen molar-refractivity contribution in [3.63, 3.8) is 0 Å². The molecule has 1 fully saturated rings. The van der Waals surface area contributed by atoms with Crippen LogP contribution in [0.25, 0.3) is 0 Å². The Bertz CT molecular complexity index is 414. The van der Waals surface area contributed by atoms with E-state index in [0.29, 0.717) is 6.04 Å². The van der Waals surface area contributed by atoms with E-state index in [9.17, 15) is 0 Å². The van der Waals surface area contributed by atoms with Gasteiger partial charge in [0.15, 0.2) is 0 Å². The highest BCUT2D eigenvalue weighted by atomic mass is 35.5. The topological polar surface area (TPSA) is 18.5 Å². The van der Waals surface area contributed by atoms with Crippen LogP contribution < -0.4 is 10.2 Å². The number of hydrogen-bond donors (Lipinski definition) is 1. The molecule has 1 saturated heterocycles. The third-order valence-corrected chi connectivity index (χ3v) is 4.40. The van der Waals surface area contributed by atoms with Gasteiger partial charge in [0.25, 0.3) is 0 Å². The number of halogens is 1. The summed E-state index contributed by atoms with van der Waals surface area (Å²) in [5.74, 6) is 0. The van der Waals surface area contributed by atoms with Gasteiger partial charge in [-0.25, -0.2) is 0 Å². The highest BCUT2D eigenvalue weighted by Gasteiger charge is 2.21. The molecular formula is C15H24ClN3. The van der Waals surface area contributed by atoms with Gasteiger partial charge in [-0.2, -0.15) is 0 Å². The number of rotatable bonds is 4. The third-order valence-electron chi connectivity index (χ3n) is 4.05. The molecule has 1 aliphatic heterocycles. The number of anilines is 1. The lowest BCUT2D eigenvalue weighted by molar-refractivity contribution is 0.253. The lowest BCUT2D eigenvalue weighted by Crippen LogP contribution is -2.42. The second-order valence-corrected chi connectivity index (χ2v) is 5.86. The normalized spacial score (nSPS) is 17.7. The minimum Gasteiger partial charge on any atom is -0.371 e. The van der Waals surface area contributed by atoms with Crippen molar-refractivity contribution in [3.8, 4) is 0 Å². The Labute approximate surface area is 121 Å². The largest absolute Gasteiger partial charge is 0.371 e. The molecule has 0 spiro atoms. The van der Waals surface area contributed by atoms with Crippen LogP contribution in [-0.2, 0) is 6.54 Å². The summed E-state index contributed by atoms with van der Waals surface area (Å²) in [6.07, 6.45) is 2.45. The predicted octanol–water partition coefficient (Wildman–Crippen LogP) is 2.59. The maximum atomic E-state index is 6.34. The van der Waals surface area contributed by atoms with Crippen LogP contribution in [0.2, 0.25) is 5.02 Å². The summed E-state index contributed by atoms with van der Waals surface area (Å²) in [7, 11) is 6.31. The number of benzene rings is 1. The Balaban J connectivity index is 2.06. The van der Waals surface area contributed by atoms with Gasteiger partial charge in [0, 0.05) is 30.3 Å². The Hall–Kier alpha value is -0.770. The Kier molecular flexibility index (Phi) is 5.08. The fourth-order valence-corrected chi connectivity index (χ4v) is 2.92. The zero-order chi connectivity index (χ0) is 13.8. The van der Waals surface area contributed by atoms with Gasteiger partial charge >= 0.3 is 0 Å². The molecular weight excluding hydrogens is 258 g/mol. The molecule has 0 aliphatic carbocycles. The van der Waals surface area contributed by atoms with Crippen LogP contribution in [0.1, 0.15) is 18.4 Å². The molecule has 0 atom stereocenters. The van der Waals surface area contributed by atoms with Gasteiger partial charge in [0.1, 0.15) is 0 Å². The number of nitrogens with zero attached hydrogens (tertiary/aromatic N) is 2. The lowest BCUT2D eigenvalue weighted by atomic mass is 10.0. The average Bonchev–Trinajstić information content (AvgIpc) is 2.41. The fourth-order valence-electron chi connectivity index (χ4n) is 2.68. The summed E-state index contributed by atoms with van der Waals surface area (Å²) in [4.78, 5) is 4.77. The maximum Gasteiger partial charge on any atom is 0.0471 e. The first-order valence-electron chi connectivity index (χ1n) is 6.96. The van der Waals surface area contributed by atoms with Crippen molar-refractivity contribution >= 4 is 17.3 Å². The molecule has 0 saturated carbocycles. The summed E-state index contributed by atoms with van der Waals surface area (Å²) >= 11 is 6.34. The molecule has 2 rings (SSSR count). The van der Waals surface area contributed by atoms with Crippen LogP contribution >= 0.6 is 11.6 Å². The van der Waals surface area contributed by atoms with Gasteiger partial charge in [-0.1, -0.05) is 17.7 Å². The number of nitrogens with one attached hydrogen (secondary N) is 1. The first kappa shape index (κ1) is 14.6. The van der Waals surface area contributed by atoms with Crippen LogP contribution in [-0.4, -0.2) is 45.2 Å². The van der Waals surface area contributed by atoms with Gasteiger partial charge in [0.2, 0.25) is 0 Å². The van der Waals surface area contributed by atoms with Gasteiger partial charge in [-0.05, 0) is 57.7 Å². The second kappa shape index (κ2) is 6.60. The smallest absolute Gasteiger partial charge is 0.0471 e. The molecule has 19 heavy (non-hydrogen) atoms. The summed E-state index contributed by atoms with van der Waals surface area (Å²) in [6.45, 7) is 3.18. The monoisotopic (exact) mass is 281 g/mol. The molecule has 1 heterocycles. The van der Waals surface area contributed by atoms with Crippen LogP contribution in [0.3, 0.4) is 0 Å².